The van der Waals surface area contributed by atoms with Gasteiger partial charge in [0.05, 0.1) is 0 Å². The van der Waals surface area contributed by atoms with Crippen LogP contribution in [0.4, 0.5) is 0 Å². The Morgan fingerprint density at radius 2 is 2.11 bits per heavy atom. The minimum absolute atomic E-state index is 0.0262. The molecule has 3 N–H and O–H groups in total. The Hall–Kier alpha value is -0.610. The average Bonchev–Trinajstić information content (AvgIpc) is 2.32. The summed E-state index contributed by atoms with van der Waals surface area (Å²) in [6.45, 7) is 5.30. The minimum Gasteiger partial charge on any atom is -0.356 e. The first kappa shape index (κ1) is 15.4. The molecule has 1 aliphatic rings. The van der Waals surface area contributed by atoms with Crippen molar-refractivity contribution in [3.8, 4) is 0 Å². The lowest BCUT2D eigenvalue weighted by atomic mass is 9.94. The van der Waals surface area contributed by atoms with E-state index in [0.29, 0.717) is 6.42 Å². The molecule has 1 amide bonds. The molecule has 1 rings (SSSR count). The van der Waals surface area contributed by atoms with Gasteiger partial charge in [-0.1, -0.05) is 13.3 Å². The van der Waals surface area contributed by atoms with E-state index in [2.05, 4.69) is 24.2 Å². The number of piperidine rings is 1. The fourth-order valence-electron chi connectivity index (χ4n) is 2.55. The Kier molecular flexibility index (Phi) is 7.28. The van der Waals surface area contributed by atoms with E-state index in [1.807, 2.05) is 0 Å². The minimum atomic E-state index is 0.0262. The van der Waals surface area contributed by atoms with Gasteiger partial charge in [0.2, 0.25) is 5.91 Å². The first-order valence-electron chi connectivity index (χ1n) is 7.32. The number of carbonyl (C=O) groups excluding carboxylic acids is 1. The summed E-state index contributed by atoms with van der Waals surface area (Å²) in [5, 5.41) is 3.00. The Bertz CT molecular complexity index is 237. The van der Waals surface area contributed by atoms with Crippen molar-refractivity contribution in [1.82, 2.24) is 10.2 Å². The van der Waals surface area contributed by atoms with Crippen LogP contribution in [0.5, 0.6) is 0 Å². The number of hydrogen-bond donors (Lipinski definition) is 2. The molecule has 0 saturated carbocycles. The predicted molar refractivity (Wildman–Crippen MR) is 75.3 cm³/mol. The molecule has 0 aromatic carbocycles. The number of nitrogens with two attached hydrogens (primary N) is 1. The largest absolute Gasteiger partial charge is 0.356 e. The molecule has 0 aromatic rings. The highest BCUT2D eigenvalue weighted by Gasteiger charge is 2.16. The average molecular weight is 255 g/mol. The van der Waals surface area contributed by atoms with E-state index in [-0.39, 0.29) is 11.9 Å². The maximum absolute atomic E-state index is 11.6. The summed E-state index contributed by atoms with van der Waals surface area (Å²) < 4.78 is 0. The van der Waals surface area contributed by atoms with E-state index in [9.17, 15) is 4.79 Å². The maximum Gasteiger partial charge on any atom is 0.221 e. The highest BCUT2D eigenvalue weighted by molar-refractivity contribution is 5.76. The normalized spacial score (nSPS) is 19.7. The zero-order valence-electron chi connectivity index (χ0n) is 12.0. The van der Waals surface area contributed by atoms with E-state index >= 15 is 0 Å². The number of nitrogens with zero attached hydrogens (tertiary/aromatic N) is 1. The van der Waals surface area contributed by atoms with Gasteiger partial charge < -0.3 is 16.0 Å². The summed E-state index contributed by atoms with van der Waals surface area (Å²) in [6.07, 6.45) is 6.10. The highest BCUT2D eigenvalue weighted by atomic mass is 16.1. The second kappa shape index (κ2) is 8.48. The molecule has 0 aromatic heterocycles. The van der Waals surface area contributed by atoms with Crippen LogP contribution in [0.25, 0.3) is 0 Å². The molecule has 1 unspecified atom stereocenters. The molecule has 0 spiro atoms. The van der Waals surface area contributed by atoms with Crippen LogP contribution in [-0.4, -0.2) is 43.5 Å². The van der Waals surface area contributed by atoms with Gasteiger partial charge in [-0.2, -0.15) is 0 Å². The standard InChI is InChI=1S/C14H29N3O/c1-3-4-13(15)11-14(18)16-8-5-12-6-9-17(2)10-7-12/h12-13H,3-11,15H2,1-2H3,(H,16,18). The van der Waals surface area contributed by atoms with Crippen LogP contribution in [0.15, 0.2) is 0 Å². The highest BCUT2D eigenvalue weighted by Crippen LogP contribution is 2.18. The summed E-state index contributed by atoms with van der Waals surface area (Å²) >= 11 is 0. The van der Waals surface area contributed by atoms with Crippen molar-refractivity contribution in [2.75, 3.05) is 26.7 Å². The summed E-state index contributed by atoms with van der Waals surface area (Å²) in [6, 6.07) is 0.0262. The molecule has 4 nitrogen and oxygen atoms in total. The Morgan fingerprint density at radius 3 is 2.72 bits per heavy atom. The van der Waals surface area contributed by atoms with Gasteiger partial charge in [0.1, 0.15) is 0 Å². The smallest absolute Gasteiger partial charge is 0.221 e. The van der Waals surface area contributed by atoms with Gasteiger partial charge in [-0.05, 0) is 51.7 Å². The lowest BCUT2D eigenvalue weighted by molar-refractivity contribution is -0.121. The zero-order valence-corrected chi connectivity index (χ0v) is 12.0. The van der Waals surface area contributed by atoms with Crippen molar-refractivity contribution in [3.63, 3.8) is 0 Å². The van der Waals surface area contributed by atoms with Gasteiger partial charge in [0.25, 0.3) is 0 Å². The Morgan fingerprint density at radius 1 is 1.44 bits per heavy atom. The maximum atomic E-state index is 11.6. The molecule has 1 fully saturated rings. The molecule has 0 aliphatic carbocycles. The molecule has 106 valence electrons. The van der Waals surface area contributed by atoms with Gasteiger partial charge in [-0.15, -0.1) is 0 Å². The van der Waals surface area contributed by atoms with Gasteiger partial charge in [-0.3, -0.25) is 4.79 Å². The second-order valence-electron chi connectivity index (χ2n) is 5.64. The molecule has 1 atom stereocenters. The molecule has 1 heterocycles. The number of amides is 1. The lowest BCUT2D eigenvalue weighted by Crippen LogP contribution is -2.34. The van der Waals surface area contributed by atoms with E-state index in [0.717, 1.165) is 31.7 Å². The third-order valence-electron chi connectivity index (χ3n) is 3.82. The van der Waals surface area contributed by atoms with Crippen molar-refractivity contribution in [1.29, 1.82) is 0 Å². The van der Waals surface area contributed by atoms with Crippen LogP contribution in [0.2, 0.25) is 0 Å². The van der Waals surface area contributed by atoms with Crippen molar-refractivity contribution in [2.45, 2.75) is 51.5 Å². The monoisotopic (exact) mass is 255 g/mol. The third kappa shape index (κ3) is 6.36. The molecular weight excluding hydrogens is 226 g/mol. The van der Waals surface area contributed by atoms with Gasteiger partial charge in [-0.25, -0.2) is 0 Å². The second-order valence-corrected chi connectivity index (χ2v) is 5.64. The molecular formula is C14H29N3O. The number of rotatable bonds is 7. The van der Waals surface area contributed by atoms with Gasteiger partial charge >= 0.3 is 0 Å². The fourth-order valence-corrected chi connectivity index (χ4v) is 2.55. The summed E-state index contributed by atoms with van der Waals surface area (Å²) in [5.41, 5.74) is 5.85. The number of carbonyl (C=O) groups is 1. The van der Waals surface area contributed by atoms with E-state index in [4.69, 9.17) is 5.73 Å². The number of hydrogen-bond acceptors (Lipinski definition) is 3. The van der Waals surface area contributed by atoms with Crippen LogP contribution in [-0.2, 0) is 4.79 Å². The summed E-state index contributed by atoms with van der Waals surface area (Å²) in [5.74, 6) is 0.898. The predicted octanol–water partition coefficient (Wildman–Crippen LogP) is 1.35. The quantitative estimate of drug-likeness (QED) is 0.722. The molecule has 4 heteroatoms. The van der Waals surface area contributed by atoms with Crippen molar-refractivity contribution >= 4 is 5.91 Å². The van der Waals surface area contributed by atoms with Crippen LogP contribution in [0, 0.1) is 5.92 Å². The first-order valence-corrected chi connectivity index (χ1v) is 7.32. The molecule has 1 saturated heterocycles. The molecule has 0 bridgehead atoms. The van der Waals surface area contributed by atoms with Crippen molar-refractivity contribution in [2.24, 2.45) is 11.7 Å². The lowest BCUT2D eigenvalue weighted by Gasteiger charge is -2.28. The van der Waals surface area contributed by atoms with Crippen LogP contribution in [0.1, 0.15) is 45.4 Å². The van der Waals surface area contributed by atoms with Gasteiger partial charge in [0, 0.05) is 19.0 Å². The van der Waals surface area contributed by atoms with Gasteiger partial charge in [0.15, 0.2) is 0 Å². The van der Waals surface area contributed by atoms with Crippen molar-refractivity contribution < 1.29 is 4.79 Å². The van der Waals surface area contributed by atoms with E-state index in [1.54, 1.807) is 0 Å². The molecule has 18 heavy (non-hydrogen) atoms. The third-order valence-corrected chi connectivity index (χ3v) is 3.82. The fraction of sp³-hybridized carbons (Fsp3) is 0.929. The van der Waals surface area contributed by atoms with Crippen LogP contribution < -0.4 is 11.1 Å². The van der Waals surface area contributed by atoms with E-state index in [1.165, 1.54) is 25.9 Å². The topological polar surface area (TPSA) is 58.4 Å². The number of likely N-dealkylation sites (tertiary alicyclic amines) is 1. The van der Waals surface area contributed by atoms with Crippen molar-refractivity contribution in [3.05, 3.63) is 0 Å². The summed E-state index contributed by atoms with van der Waals surface area (Å²) in [4.78, 5) is 14.0. The Labute approximate surface area is 111 Å². The molecule has 1 aliphatic heterocycles. The number of nitrogens with one attached hydrogen (secondary N) is 1. The van der Waals surface area contributed by atoms with E-state index < -0.39 is 0 Å². The molecule has 0 radical (unpaired) electrons. The Balaban J connectivity index is 2.04. The summed E-state index contributed by atoms with van der Waals surface area (Å²) in [7, 11) is 2.17. The van der Waals surface area contributed by atoms with Crippen LogP contribution in [0.3, 0.4) is 0 Å². The van der Waals surface area contributed by atoms with Crippen LogP contribution >= 0.6 is 0 Å². The first-order chi connectivity index (χ1) is 8.61. The zero-order chi connectivity index (χ0) is 13.4. The SMILES string of the molecule is CCCC(N)CC(=O)NCCC1CCN(C)CC1.